The molecule has 1 saturated carbocycles. The van der Waals surface area contributed by atoms with Gasteiger partial charge in [0.2, 0.25) is 9.76 Å². The van der Waals surface area contributed by atoms with Crippen molar-refractivity contribution in [2.24, 2.45) is 5.92 Å². The molecule has 0 heterocycles. The summed E-state index contributed by atoms with van der Waals surface area (Å²) in [5, 5.41) is 0. The fraction of sp³-hybridized carbons (Fsp3) is 0.750. The third-order valence-electron chi connectivity index (χ3n) is 2.83. The van der Waals surface area contributed by atoms with E-state index in [1.807, 2.05) is 6.92 Å². The predicted octanol–water partition coefficient (Wildman–Crippen LogP) is 2.77. The monoisotopic (exact) mass is 224 g/mol. The van der Waals surface area contributed by atoms with E-state index < -0.39 is 0 Å². The average Bonchev–Trinajstić information content (AvgIpc) is 2.21. The molecule has 0 aromatic rings. The maximum Gasteiger partial charge on any atom is 0.233 e. The predicted molar refractivity (Wildman–Crippen MR) is 62.9 cm³/mol. The highest BCUT2D eigenvalue weighted by atomic mass is 28.2. The number of carbonyl (C=O) groups excluding carboxylic acids is 1. The van der Waals surface area contributed by atoms with Crippen LogP contribution in [0.25, 0.3) is 0 Å². The maximum atomic E-state index is 11.1. The lowest BCUT2D eigenvalue weighted by molar-refractivity contribution is -0.116. The van der Waals surface area contributed by atoms with Crippen LogP contribution in [0.1, 0.15) is 39.5 Å². The minimum atomic E-state index is 0.0779. The molecule has 1 aliphatic rings. The van der Waals surface area contributed by atoms with E-state index in [1.54, 1.807) is 12.2 Å². The van der Waals surface area contributed by atoms with Gasteiger partial charge in [0.1, 0.15) is 0 Å². The Kier molecular flexibility index (Phi) is 5.87. The number of ketones is 1. The highest BCUT2D eigenvalue weighted by molar-refractivity contribution is 6.30. The van der Waals surface area contributed by atoms with Crippen molar-refractivity contribution in [3.8, 4) is 0 Å². The molecule has 2 radical (unpaired) electrons. The third kappa shape index (κ3) is 5.28. The molecule has 0 N–H and O–H groups in total. The van der Waals surface area contributed by atoms with E-state index in [-0.39, 0.29) is 12.4 Å². The van der Waals surface area contributed by atoms with Gasteiger partial charge in [-0.25, -0.2) is 0 Å². The summed E-state index contributed by atoms with van der Waals surface area (Å²) in [6.45, 7) is 4.42. The van der Waals surface area contributed by atoms with Gasteiger partial charge in [-0.3, -0.25) is 4.79 Å². The molecule has 15 heavy (non-hydrogen) atoms. The van der Waals surface area contributed by atoms with Gasteiger partial charge in [0.05, 0.1) is 6.61 Å². The van der Waals surface area contributed by atoms with Crippen LogP contribution in [0.4, 0.5) is 0 Å². The van der Waals surface area contributed by atoms with Gasteiger partial charge >= 0.3 is 0 Å². The minimum absolute atomic E-state index is 0.0779. The first-order chi connectivity index (χ1) is 7.22. The Bertz CT molecular complexity index is 218. The molecule has 0 spiro atoms. The van der Waals surface area contributed by atoms with Gasteiger partial charge in [-0.1, -0.05) is 38.7 Å². The quantitative estimate of drug-likeness (QED) is 0.530. The smallest absolute Gasteiger partial charge is 0.233 e. The summed E-state index contributed by atoms with van der Waals surface area (Å²) >= 11 is 0. The molecule has 0 aromatic carbocycles. The average molecular weight is 224 g/mol. The Morgan fingerprint density at radius 1 is 1.40 bits per heavy atom. The van der Waals surface area contributed by atoms with Crippen molar-refractivity contribution in [2.45, 2.75) is 45.1 Å². The van der Waals surface area contributed by atoms with Crippen molar-refractivity contribution >= 4 is 15.5 Å². The largest absolute Gasteiger partial charge is 0.409 e. The van der Waals surface area contributed by atoms with Gasteiger partial charge in [0.25, 0.3) is 0 Å². The number of hydrogen-bond acceptors (Lipinski definition) is 2. The van der Waals surface area contributed by atoms with Gasteiger partial charge in [-0.15, -0.1) is 0 Å². The van der Waals surface area contributed by atoms with Crippen molar-refractivity contribution < 1.29 is 9.22 Å². The van der Waals surface area contributed by atoms with Gasteiger partial charge in [-0.05, 0) is 24.5 Å². The van der Waals surface area contributed by atoms with Gasteiger partial charge < -0.3 is 4.43 Å². The first-order valence-electron chi connectivity index (χ1n) is 5.75. The van der Waals surface area contributed by atoms with E-state index >= 15 is 0 Å². The van der Waals surface area contributed by atoms with Crippen LogP contribution < -0.4 is 0 Å². The van der Waals surface area contributed by atoms with Crippen molar-refractivity contribution in [1.29, 1.82) is 0 Å². The molecule has 1 aliphatic carbocycles. The summed E-state index contributed by atoms with van der Waals surface area (Å²) in [6.07, 6.45) is 8.53. The fourth-order valence-electron chi connectivity index (χ4n) is 1.84. The van der Waals surface area contributed by atoms with Crippen LogP contribution in [0, 0.1) is 5.92 Å². The van der Waals surface area contributed by atoms with Crippen molar-refractivity contribution in [2.75, 3.05) is 6.61 Å². The van der Waals surface area contributed by atoms with Crippen LogP contribution in [0.15, 0.2) is 12.2 Å². The standard InChI is InChI=1S/C12H20O2Si/c1-3-4-11(13)9-14-15-12-7-5-10(2)6-8-12/h3-4,10,12H,5-9H2,1-2H3/b4-3+. The molecular formula is C12H20O2Si. The van der Waals surface area contributed by atoms with Gasteiger partial charge in [0.15, 0.2) is 5.78 Å². The number of carbonyl (C=O) groups is 1. The van der Waals surface area contributed by atoms with Crippen LogP contribution >= 0.6 is 0 Å². The second-order valence-corrected chi connectivity index (χ2v) is 5.67. The molecule has 0 atom stereocenters. The first-order valence-corrected chi connectivity index (χ1v) is 6.73. The molecule has 0 amide bonds. The Hall–Kier alpha value is -0.413. The first kappa shape index (κ1) is 12.7. The van der Waals surface area contributed by atoms with E-state index in [1.165, 1.54) is 25.7 Å². The van der Waals surface area contributed by atoms with E-state index in [4.69, 9.17) is 4.43 Å². The molecule has 0 saturated heterocycles. The molecule has 3 heteroatoms. The van der Waals surface area contributed by atoms with Crippen molar-refractivity contribution in [3.05, 3.63) is 12.2 Å². The van der Waals surface area contributed by atoms with E-state index in [0.717, 1.165) is 5.92 Å². The molecule has 84 valence electrons. The highest BCUT2D eigenvalue weighted by Gasteiger charge is 2.19. The van der Waals surface area contributed by atoms with Crippen LogP contribution in [0.5, 0.6) is 0 Å². The van der Waals surface area contributed by atoms with E-state index in [0.29, 0.717) is 15.3 Å². The van der Waals surface area contributed by atoms with Crippen LogP contribution in [-0.2, 0) is 9.22 Å². The summed E-state index contributed by atoms with van der Waals surface area (Å²) in [7, 11) is 0.514. The molecule has 0 bridgehead atoms. The zero-order valence-electron chi connectivity index (χ0n) is 9.66. The van der Waals surface area contributed by atoms with Crippen LogP contribution in [0.3, 0.4) is 0 Å². The van der Waals surface area contributed by atoms with Gasteiger partial charge in [-0.2, -0.15) is 0 Å². The summed E-state index contributed by atoms with van der Waals surface area (Å²) in [4.78, 5) is 11.1. The Morgan fingerprint density at radius 3 is 2.67 bits per heavy atom. The highest BCUT2D eigenvalue weighted by Crippen LogP contribution is 2.31. The molecule has 0 unspecified atom stereocenters. The third-order valence-corrected chi connectivity index (χ3v) is 4.05. The fourth-order valence-corrected chi connectivity index (χ4v) is 2.87. The SMILES string of the molecule is C/C=C/C(=O)CO[Si]C1CCC(C)CC1. The lowest BCUT2D eigenvalue weighted by Crippen LogP contribution is -2.18. The molecule has 1 fully saturated rings. The zero-order chi connectivity index (χ0) is 11.1. The molecular weight excluding hydrogens is 204 g/mol. The molecule has 0 aliphatic heterocycles. The zero-order valence-corrected chi connectivity index (χ0v) is 10.7. The second kappa shape index (κ2) is 6.96. The van der Waals surface area contributed by atoms with Crippen molar-refractivity contribution in [3.63, 3.8) is 0 Å². The summed E-state index contributed by atoms with van der Waals surface area (Å²) in [6, 6.07) is 0. The number of hydrogen-bond donors (Lipinski definition) is 0. The Balaban J connectivity index is 2.07. The lowest BCUT2D eigenvalue weighted by Gasteiger charge is -2.24. The Labute approximate surface area is 95.0 Å². The lowest BCUT2D eigenvalue weighted by atomic mass is 9.90. The number of allylic oxidation sites excluding steroid dienone is 1. The molecule has 1 rings (SSSR count). The van der Waals surface area contributed by atoms with Crippen molar-refractivity contribution in [1.82, 2.24) is 0 Å². The molecule has 0 aromatic heterocycles. The Morgan fingerprint density at radius 2 is 2.07 bits per heavy atom. The maximum absolute atomic E-state index is 11.1. The van der Waals surface area contributed by atoms with Crippen LogP contribution in [-0.4, -0.2) is 22.2 Å². The van der Waals surface area contributed by atoms with E-state index in [9.17, 15) is 4.79 Å². The summed E-state index contributed by atoms with van der Waals surface area (Å²) in [5.41, 5.74) is 0.708. The molecule has 2 nitrogen and oxygen atoms in total. The normalized spacial score (nSPS) is 27.1. The van der Waals surface area contributed by atoms with Crippen LogP contribution in [0.2, 0.25) is 5.54 Å². The van der Waals surface area contributed by atoms with Gasteiger partial charge in [0, 0.05) is 0 Å². The summed E-state index contributed by atoms with van der Waals surface area (Å²) < 4.78 is 5.45. The van der Waals surface area contributed by atoms with E-state index in [2.05, 4.69) is 6.92 Å². The minimum Gasteiger partial charge on any atom is -0.409 e. The number of rotatable bonds is 5. The topological polar surface area (TPSA) is 26.3 Å². The second-order valence-electron chi connectivity index (χ2n) is 4.33. The summed E-state index contributed by atoms with van der Waals surface area (Å²) in [5.74, 6) is 0.963.